The third-order valence-electron chi connectivity index (χ3n) is 4.38. The molecule has 1 unspecified atom stereocenters. The van der Waals surface area contributed by atoms with Gasteiger partial charge in [0.05, 0.1) is 15.3 Å². The Balaban J connectivity index is 1.39. The van der Waals surface area contributed by atoms with E-state index >= 15 is 0 Å². The Hall–Kier alpha value is -1.31. The van der Waals surface area contributed by atoms with Crippen molar-refractivity contribution >= 4 is 29.0 Å². The molecule has 5 heterocycles. The lowest BCUT2D eigenvalue weighted by molar-refractivity contribution is 0.0622. The lowest BCUT2D eigenvalue weighted by Crippen LogP contribution is -2.57. The van der Waals surface area contributed by atoms with Crippen molar-refractivity contribution in [3.05, 3.63) is 29.5 Å². The first-order valence-electron chi connectivity index (χ1n) is 7.48. The Labute approximate surface area is 137 Å². The van der Waals surface area contributed by atoms with Crippen LogP contribution in [0, 0.1) is 5.92 Å². The number of carbonyl (C=O) groups excluding carboxylic acids is 1. The molecule has 0 spiro atoms. The predicted molar refractivity (Wildman–Crippen MR) is 85.4 cm³/mol. The van der Waals surface area contributed by atoms with E-state index in [1.807, 2.05) is 12.1 Å². The first kappa shape index (κ1) is 14.3. The van der Waals surface area contributed by atoms with Crippen LogP contribution in [0.3, 0.4) is 0 Å². The minimum absolute atomic E-state index is 0.0444. The standard InChI is InChI=1S/C15H17N3O2S2/c19-14(17-11-9-18-6-3-10(11)4-7-18)12-1-2-13(21-12)22-15-16-5-8-20-15/h1-2,5,8,10-11H,3-4,6-7,9H2,(H,17,19). The second kappa shape index (κ2) is 6.06. The van der Waals surface area contributed by atoms with Crippen LogP contribution < -0.4 is 5.32 Å². The number of hydrogen-bond acceptors (Lipinski definition) is 6. The molecule has 0 radical (unpaired) electrons. The predicted octanol–water partition coefficient (Wildman–Crippen LogP) is 2.71. The number of fused-ring (bicyclic) bond motifs is 3. The molecule has 0 aromatic carbocycles. The average Bonchev–Trinajstić information content (AvgIpc) is 3.21. The SMILES string of the molecule is O=C(NC1CN2CCC1CC2)c1ccc(Sc2ncco2)s1. The highest BCUT2D eigenvalue weighted by molar-refractivity contribution is 8.01. The van der Waals surface area contributed by atoms with Crippen LogP contribution in [0.25, 0.3) is 0 Å². The average molecular weight is 335 g/mol. The van der Waals surface area contributed by atoms with Gasteiger partial charge in [0.1, 0.15) is 6.26 Å². The van der Waals surface area contributed by atoms with E-state index in [2.05, 4.69) is 15.2 Å². The molecule has 2 bridgehead atoms. The summed E-state index contributed by atoms with van der Waals surface area (Å²) >= 11 is 2.93. The van der Waals surface area contributed by atoms with E-state index in [4.69, 9.17) is 4.42 Å². The van der Waals surface area contributed by atoms with Gasteiger partial charge in [-0.3, -0.25) is 4.79 Å². The molecule has 0 saturated carbocycles. The highest BCUT2D eigenvalue weighted by Gasteiger charge is 2.35. The summed E-state index contributed by atoms with van der Waals surface area (Å²) in [5, 5.41) is 3.82. The fourth-order valence-corrected chi connectivity index (χ4v) is 5.03. The molecule has 3 aliphatic rings. The summed E-state index contributed by atoms with van der Waals surface area (Å²) < 4.78 is 6.23. The third-order valence-corrected chi connectivity index (χ3v) is 6.47. The molecule has 3 fully saturated rings. The van der Waals surface area contributed by atoms with E-state index in [0.29, 0.717) is 17.2 Å². The zero-order chi connectivity index (χ0) is 14.9. The van der Waals surface area contributed by atoms with Crippen LogP contribution in [-0.2, 0) is 0 Å². The first-order chi connectivity index (χ1) is 10.8. The molecule has 22 heavy (non-hydrogen) atoms. The maximum atomic E-state index is 12.4. The normalized spacial score (nSPS) is 27.0. The fraction of sp³-hybridized carbons (Fsp3) is 0.467. The zero-order valence-electron chi connectivity index (χ0n) is 12.0. The minimum atomic E-state index is 0.0444. The molecule has 0 aliphatic carbocycles. The van der Waals surface area contributed by atoms with E-state index < -0.39 is 0 Å². The number of nitrogens with one attached hydrogen (secondary N) is 1. The van der Waals surface area contributed by atoms with Crippen LogP contribution in [0.4, 0.5) is 0 Å². The number of nitrogens with zero attached hydrogens (tertiary/aromatic N) is 2. The molecule has 1 amide bonds. The summed E-state index contributed by atoms with van der Waals surface area (Å²) in [6.07, 6.45) is 5.59. The summed E-state index contributed by atoms with van der Waals surface area (Å²) in [5.74, 6) is 0.693. The van der Waals surface area contributed by atoms with E-state index in [-0.39, 0.29) is 5.91 Å². The number of aromatic nitrogens is 1. The molecular weight excluding hydrogens is 318 g/mol. The topological polar surface area (TPSA) is 58.4 Å². The summed E-state index contributed by atoms with van der Waals surface area (Å²) in [5.41, 5.74) is 0. The number of oxazole rings is 1. The van der Waals surface area contributed by atoms with E-state index in [1.165, 1.54) is 49.0 Å². The Morgan fingerprint density at radius 1 is 1.41 bits per heavy atom. The molecule has 2 aromatic rings. The Morgan fingerprint density at radius 2 is 2.27 bits per heavy atom. The number of piperidine rings is 3. The number of hydrogen-bond donors (Lipinski definition) is 1. The zero-order valence-corrected chi connectivity index (χ0v) is 13.7. The number of rotatable bonds is 4. The van der Waals surface area contributed by atoms with Gasteiger partial charge in [-0.05, 0) is 55.7 Å². The quantitative estimate of drug-likeness (QED) is 0.931. The lowest BCUT2D eigenvalue weighted by atomic mass is 9.84. The van der Waals surface area contributed by atoms with E-state index in [0.717, 1.165) is 15.6 Å². The Bertz CT molecular complexity index is 648. The number of carbonyl (C=O) groups is 1. The van der Waals surface area contributed by atoms with E-state index in [9.17, 15) is 4.79 Å². The van der Waals surface area contributed by atoms with Crippen LogP contribution in [0.2, 0.25) is 0 Å². The second-order valence-corrected chi connectivity index (χ2v) is 8.07. The highest BCUT2D eigenvalue weighted by Crippen LogP contribution is 2.33. The number of amides is 1. The van der Waals surface area contributed by atoms with Crippen molar-refractivity contribution in [1.29, 1.82) is 0 Å². The van der Waals surface area contributed by atoms with Gasteiger partial charge in [0.2, 0.25) is 0 Å². The maximum Gasteiger partial charge on any atom is 0.261 e. The summed E-state index contributed by atoms with van der Waals surface area (Å²) in [4.78, 5) is 19.7. The molecule has 3 aliphatic heterocycles. The molecule has 2 aromatic heterocycles. The van der Waals surface area contributed by atoms with Crippen molar-refractivity contribution in [2.24, 2.45) is 5.92 Å². The van der Waals surface area contributed by atoms with Crippen LogP contribution >= 0.6 is 23.1 Å². The van der Waals surface area contributed by atoms with Crippen molar-refractivity contribution in [3.63, 3.8) is 0 Å². The second-order valence-electron chi connectivity index (χ2n) is 5.74. The molecule has 116 valence electrons. The van der Waals surface area contributed by atoms with Gasteiger partial charge in [-0.15, -0.1) is 11.3 Å². The van der Waals surface area contributed by atoms with Crippen LogP contribution in [0.1, 0.15) is 22.5 Å². The number of thiophene rings is 1. The molecule has 5 rings (SSSR count). The van der Waals surface area contributed by atoms with E-state index in [1.54, 1.807) is 12.5 Å². The van der Waals surface area contributed by atoms with Gasteiger partial charge in [0, 0.05) is 12.6 Å². The molecule has 1 N–H and O–H groups in total. The van der Waals surface area contributed by atoms with Crippen molar-refractivity contribution in [2.75, 3.05) is 19.6 Å². The maximum absolute atomic E-state index is 12.4. The van der Waals surface area contributed by atoms with Gasteiger partial charge in [0.15, 0.2) is 0 Å². The highest BCUT2D eigenvalue weighted by atomic mass is 32.2. The molecule has 3 saturated heterocycles. The van der Waals surface area contributed by atoms with Gasteiger partial charge in [0.25, 0.3) is 11.1 Å². The lowest BCUT2D eigenvalue weighted by Gasteiger charge is -2.44. The molecule has 5 nitrogen and oxygen atoms in total. The Morgan fingerprint density at radius 3 is 2.95 bits per heavy atom. The molecule has 1 atom stereocenters. The van der Waals surface area contributed by atoms with Gasteiger partial charge < -0.3 is 14.6 Å². The van der Waals surface area contributed by atoms with Gasteiger partial charge in [-0.2, -0.15) is 0 Å². The van der Waals surface area contributed by atoms with Crippen molar-refractivity contribution in [2.45, 2.75) is 28.3 Å². The summed E-state index contributed by atoms with van der Waals surface area (Å²) in [7, 11) is 0. The van der Waals surface area contributed by atoms with Crippen molar-refractivity contribution in [3.8, 4) is 0 Å². The first-order valence-corrected chi connectivity index (χ1v) is 9.11. The van der Waals surface area contributed by atoms with Gasteiger partial charge >= 0.3 is 0 Å². The van der Waals surface area contributed by atoms with Crippen molar-refractivity contribution < 1.29 is 9.21 Å². The summed E-state index contributed by atoms with van der Waals surface area (Å²) in [6.45, 7) is 3.37. The largest absolute Gasteiger partial charge is 0.440 e. The molecule has 7 heteroatoms. The minimum Gasteiger partial charge on any atom is -0.440 e. The molecular formula is C15H17N3O2S2. The van der Waals surface area contributed by atoms with Gasteiger partial charge in [-0.25, -0.2) is 4.98 Å². The van der Waals surface area contributed by atoms with Crippen LogP contribution in [0.15, 0.2) is 38.4 Å². The van der Waals surface area contributed by atoms with Crippen LogP contribution in [0.5, 0.6) is 0 Å². The van der Waals surface area contributed by atoms with Gasteiger partial charge in [-0.1, -0.05) is 0 Å². The smallest absolute Gasteiger partial charge is 0.261 e. The fourth-order valence-electron chi connectivity index (χ4n) is 3.21. The third kappa shape index (κ3) is 2.93. The van der Waals surface area contributed by atoms with Crippen molar-refractivity contribution in [1.82, 2.24) is 15.2 Å². The Kier molecular flexibility index (Phi) is 3.94. The van der Waals surface area contributed by atoms with Crippen LogP contribution in [-0.4, -0.2) is 41.5 Å². The summed E-state index contributed by atoms with van der Waals surface area (Å²) in [6, 6.07) is 4.14. The monoisotopic (exact) mass is 335 g/mol.